The monoisotopic (exact) mass is 309 g/mol. The summed E-state index contributed by atoms with van der Waals surface area (Å²) in [5.41, 5.74) is 3.31. The average molecular weight is 309 g/mol. The van der Waals surface area contributed by atoms with E-state index < -0.39 is 0 Å². The molecule has 5 heteroatoms. The van der Waals surface area contributed by atoms with Crippen molar-refractivity contribution in [1.29, 1.82) is 0 Å². The Hall–Kier alpha value is -2.82. The van der Waals surface area contributed by atoms with Gasteiger partial charge in [-0.3, -0.25) is 5.01 Å². The normalized spacial score (nSPS) is 18.0. The van der Waals surface area contributed by atoms with Gasteiger partial charge in [0.05, 0.1) is 18.9 Å². The number of oxime groups is 1. The molecule has 0 saturated carbocycles. The summed E-state index contributed by atoms with van der Waals surface area (Å²) in [4.78, 5) is 0. The second-order valence-electron chi connectivity index (χ2n) is 5.43. The van der Waals surface area contributed by atoms with E-state index in [4.69, 9.17) is 4.74 Å². The van der Waals surface area contributed by atoms with Gasteiger partial charge in [0.2, 0.25) is 0 Å². The Bertz CT molecular complexity index is 724. The predicted molar refractivity (Wildman–Crippen MR) is 90.3 cm³/mol. The third kappa shape index (κ3) is 3.04. The molecule has 1 N–H and O–H groups in total. The molecular formula is C18H19N3O2. The zero-order valence-corrected chi connectivity index (χ0v) is 13.2. The summed E-state index contributed by atoms with van der Waals surface area (Å²) in [5, 5.41) is 19.4. The summed E-state index contributed by atoms with van der Waals surface area (Å²) in [7, 11) is 3.59. The Kier molecular flexibility index (Phi) is 4.28. The summed E-state index contributed by atoms with van der Waals surface area (Å²) in [5.74, 6) is 0.831. The van der Waals surface area contributed by atoms with E-state index in [0.29, 0.717) is 12.1 Å². The number of rotatable bonds is 4. The molecule has 0 spiro atoms. The van der Waals surface area contributed by atoms with Crippen LogP contribution >= 0.6 is 0 Å². The number of hydrazone groups is 1. The highest BCUT2D eigenvalue weighted by atomic mass is 16.5. The van der Waals surface area contributed by atoms with E-state index in [9.17, 15) is 5.21 Å². The van der Waals surface area contributed by atoms with Crippen LogP contribution in [0.4, 0.5) is 0 Å². The minimum atomic E-state index is 0.122. The maximum atomic E-state index is 9.42. The summed E-state index contributed by atoms with van der Waals surface area (Å²) in [6.45, 7) is 0. The molecule has 1 aliphatic heterocycles. The molecule has 1 aliphatic rings. The lowest BCUT2D eigenvalue weighted by atomic mass is 9.97. The minimum Gasteiger partial charge on any atom is -0.497 e. The van der Waals surface area contributed by atoms with Crippen molar-refractivity contribution in [3.05, 3.63) is 65.7 Å². The van der Waals surface area contributed by atoms with E-state index in [1.54, 1.807) is 7.11 Å². The van der Waals surface area contributed by atoms with Crippen molar-refractivity contribution < 1.29 is 9.94 Å². The van der Waals surface area contributed by atoms with Crippen LogP contribution in [0.15, 0.2) is 64.9 Å². The molecule has 5 nitrogen and oxygen atoms in total. The quantitative estimate of drug-likeness (QED) is 0.535. The third-order valence-corrected chi connectivity index (χ3v) is 4.04. The molecular weight excluding hydrogens is 290 g/mol. The average Bonchev–Trinajstić information content (AvgIpc) is 2.98. The highest BCUT2D eigenvalue weighted by Crippen LogP contribution is 2.31. The lowest BCUT2D eigenvalue weighted by molar-refractivity contribution is 0.289. The van der Waals surface area contributed by atoms with E-state index in [1.807, 2.05) is 66.7 Å². The van der Waals surface area contributed by atoms with Crippen LogP contribution in [0.1, 0.15) is 23.6 Å². The van der Waals surface area contributed by atoms with Crippen LogP contribution in [0.5, 0.6) is 5.75 Å². The van der Waals surface area contributed by atoms with Crippen molar-refractivity contribution in [2.45, 2.75) is 12.5 Å². The summed E-state index contributed by atoms with van der Waals surface area (Å²) in [6, 6.07) is 17.7. The van der Waals surface area contributed by atoms with Gasteiger partial charge in [-0.1, -0.05) is 47.6 Å². The Labute approximate surface area is 135 Å². The fraction of sp³-hybridized carbons (Fsp3) is 0.222. The van der Waals surface area contributed by atoms with Crippen LogP contribution in [0.2, 0.25) is 0 Å². The van der Waals surface area contributed by atoms with Gasteiger partial charge >= 0.3 is 0 Å². The molecule has 2 aromatic carbocycles. The van der Waals surface area contributed by atoms with E-state index in [1.165, 1.54) is 0 Å². The predicted octanol–water partition coefficient (Wildman–Crippen LogP) is 3.31. The molecule has 0 amide bonds. The van der Waals surface area contributed by atoms with Crippen LogP contribution in [0, 0.1) is 0 Å². The van der Waals surface area contributed by atoms with Gasteiger partial charge in [-0.2, -0.15) is 5.10 Å². The highest BCUT2D eigenvalue weighted by Gasteiger charge is 2.28. The number of methoxy groups -OCH3 is 1. The molecule has 0 fully saturated rings. The van der Waals surface area contributed by atoms with E-state index in [2.05, 4.69) is 10.3 Å². The molecule has 0 bridgehead atoms. The first-order chi connectivity index (χ1) is 11.2. The molecule has 3 rings (SSSR count). The van der Waals surface area contributed by atoms with Gasteiger partial charge in [0.1, 0.15) is 11.5 Å². The van der Waals surface area contributed by atoms with Gasteiger partial charge < -0.3 is 9.94 Å². The minimum absolute atomic E-state index is 0.122. The number of nitrogens with zero attached hydrogens (tertiary/aromatic N) is 3. The molecule has 0 aromatic heterocycles. The molecule has 2 aromatic rings. The molecule has 1 heterocycles. The second-order valence-corrected chi connectivity index (χ2v) is 5.43. The molecule has 0 aliphatic carbocycles. The van der Waals surface area contributed by atoms with Crippen molar-refractivity contribution in [2.75, 3.05) is 14.2 Å². The summed E-state index contributed by atoms with van der Waals surface area (Å²) >= 11 is 0. The zero-order valence-electron chi connectivity index (χ0n) is 13.2. The van der Waals surface area contributed by atoms with Crippen molar-refractivity contribution in [3.63, 3.8) is 0 Å². The van der Waals surface area contributed by atoms with E-state index in [-0.39, 0.29) is 6.04 Å². The fourth-order valence-electron chi connectivity index (χ4n) is 2.80. The SMILES string of the molecule is COc1ccc(C2CC(/C(=N\O)c3ccccc3)=NN2C)cc1. The lowest BCUT2D eigenvalue weighted by Crippen LogP contribution is -2.15. The largest absolute Gasteiger partial charge is 0.497 e. The van der Waals surface area contributed by atoms with Crippen LogP contribution in [0.25, 0.3) is 0 Å². The topological polar surface area (TPSA) is 57.4 Å². The molecule has 23 heavy (non-hydrogen) atoms. The second kappa shape index (κ2) is 6.52. The van der Waals surface area contributed by atoms with E-state index >= 15 is 0 Å². The Morgan fingerprint density at radius 3 is 2.48 bits per heavy atom. The van der Waals surface area contributed by atoms with Crippen molar-refractivity contribution in [3.8, 4) is 5.75 Å². The van der Waals surface area contributed by atoms with Crippen molar-refractivity contribution in [1.82, 2.24) is 5.01 Å². The van der Waals surface area contributed by atoms with Gasteiger partial charge in [-0.15, -0.1) is 0 Å². The first kappa shape index (κ1) is 15.1. The summed E-state index contributed by atoms with van der Waals surface area (Å²) < 4.78 is 5.20. The molecule has 1 unspecified atom stereocenters. The fourth-order valence-corrected chi connectivity index (χ4v) is 2.80. The third-order valence-electron chi connectivity index (χ3n) is 4.04. The first-order valence-electron chi connectivity index (χ1n) is 7.45. The highest BCUT2D eigenvalue weighted by molar-refractivity contribution is 6.48. The molecule has 0 saturated heterocycles. The first-order valence-corrected chi connectivity index (χ1v) is 7.45. The summed E-state index contributed by atoms with van der Waals surface area (Å²) in [6.07, 6.45) is 0.692. The maximum absolute atomic E-state index is 9.42. The standard InChI is InChI=1S/C18H19N3O2/c1-21-17(13-8-10-15(23-2)11-9-13)12-16(19-21)18(20-22)14-6-4-3-5-7-14/h3-11,17,22H,12H2,1-2H3/b20-18-. The number of hydrogen-bond acceptors (Lipinski definition) is 5. The number of benzene rings is 2. The Balaban J connectivity index is 1.83. The van der Waals surface area contributed by atoms with Gasteiger partial charge in [-0.25, -0.2) is 0 Å². The Morgan fingerprint density at radius 2 is 1.87 bits per heavy atom. The van der Waals surface area contributed by atoms with Crippen molar-refractivity contribution in [2.24, 2.45) is 10.3 Å². The van der Waals surface area contributed by atoms with Crippen LogP contribution in [-0.4, -0.2) is 35.8 Å². The zero-order chi connectivity index (χ0) is 16.2. The number of ether oxygens (including phenoxy) is 1. The van der Waals surface area contributed by atoms with Gasteiger partial charge in [0, 0.05) is 19.0 Å². The van der Waals surface area contributed by atoms with Crippen LogP contribution in [-0.2, 0) is 0 Å². The Morgan fingerprint density at radius 1 is 1.17 bits per heavy atom. The van der Waals surface area contributed by atoms with Crippen molar-refractivity contribution >= 4 is 11.4 Å². The lowest BCUT2D eigenvalue weighted by Gasteiger charge is -2.19. The molecule has 0 radical (unpaired) electrons. The van der Waals surface area contributed by atoms with Gasteiger partial charge in [0.15, 0.2) is 0 Å². The van der Waals surface area contributed by atoms with Gasteiger partial charge in [0.25, 0.3) is 0 Å². The van der Waals surface area contributed by atoms with Crippen LogP contribution < -0.4 is 4.74 Å². The number of hydrogen-bond donors (Lipinski definition) is 1. The van der Waals surface area contributed by atoms with E-state index in [0.717, 1.165) is 22.6 Å². The van der Waals surface area contributed by atoms with Gasteiger partial charge in [-0.05, 0) is 17.7 Å². The van der Waals surface area contributed by atoms with Crippen LogP contribution in [0.3, 0.4) is 0 Å². The molecule has 1 atom stereocenters. The smallest absolute Gasteiger partial charge is 0.133 e. The molecule has 118 valence electrons. The maximum Gasteiger partial charge on any atom is 0.133 e.